The minimum absolute atomic E-state index is 0.382. The molecule has 0 N–H and O–H groups in total. The van der Waals surface area contributed by atoms with E-state index in [9.17, 15) is 8.42 Å². The largest absolute Gasteiger partial charge is 0.354 e. The molecule has 4 heterocycles. The lowest BCUT2D eigenvalue weighted by Gasteiger charge is -2.36. The van der Waals surface area contributed by atoms with Gasteiger partial charge in [-0.15, -0.1) is 11.3 Å². The van der Waals surface area contributed by atoms with Crippen molar-refractivity contribution in [2.45, 2.75) is 11.1 Å². The number of aromatic nitrogens is 2. The van der Waals surface area contributed by atoms with Gasteiger partial charge in [-0.2, -0.15) is 4.31 Å². The molecule has 2 aromatic rings. The summed E-state index contributed by atoms with van der Waals surface area (Å²) in [6.07, 6.45) is 0. The van der Waals surface area contributed by atoms with Crippen LogP contribution in [0.15, 0.2) is 26.2 Å². The summed E-state index contributed by atoms with van der Waals surface area (Å²) in [4.78, 5) is 16.0. The topological polar surface area (TPSA) is 72.9 Å². The lowest BCUT2D eigenvalue weighted by Crippen LogP contribution is -2.49. The molecule has 0 bridgehead atoms. The molecule has 0 atom stereocenters. The van der Waals surface area contributed by atoms with Gasteiger partial charge in [0.1, 0.15) is 21.7 Å². The predicted octanol–water partition coefficient (Wildman–Crippen LogP) is 1.87. The van der Waals surface area contributed by atoms with E-state index in [1.165, 1.54) is 11.3 Å². The highest BCUT2D eigenvalue weighted by molar-refractivity contribution is 9.11. The Kier molecular flexibility index (Phi) is 6.12. The van der Waals surface area contributed by atoms with Crippen molar-refractivity contribution in [3.8, 4) is 0 Å². The summed E-state index contributed by atoms with van der Waals surface area (Å²) in [5.41, 5.74) is 0. The highest BCUT2D eigenvalue weighted by atomic mass is 79.9. The highest BCUT2D eigenvalue weighted by Gasteiger charge is 2.30. The van der Waals surface area contributed by atoms with E-state index in [1.807, 2.05) is 13.0 Å². The number of hydrogen-bond donors (Lipinski definition) is 0. The van der Waals surface area contributed by atoms with Crippen molar-refractivity contribution in [2.75, 3.05) is 69.2 Å². The maximum absolute atomic E-state index is 12.8. The molecule has 29 heavy (non-hydrogen) atoms. The van der Waals surface area contributed by atoms with Gasteiger partial charge in [0.15, 0.2) is 0 Å². The Balaban J connectivity index is 1.46. The molecule has 4 rings (SSSR count). The van der Waals surface area contributed by atoms with E-state index in [0.717, 1.165) is 47.4 Å². The summed E-state index contributed by atoms with van der Waals surface area (Å²) < 4.78 is 28.5. The first-order valence-electron chi connectivity index (χ1n) is 9.62. The quantitative estimate of drug-likeness (QED) is 0.634. The number of anilines is 2. The molecule has 158 valence electrons. The minimum atomic E-state index is -3.44. The average Bonchev–Trinajstić information content (AvgIpc) is 3.15. The number of rotatable bonds is 4. The van der Waals surface area contributed by atoms with Crippen LogP contribution in [-0.2, 0) is 10.0 Å². The Morgan fingerprint density at radius 2 is 1.48 bits per heavy atom. The van der Waals surface area contributed by atoms with Crippen molar-refractivity contribution in [2.24, 2.45) is 0 Å². The van der Waals surface area contributed by atoms with Crippen LogP contribution in [0.1, 0.15) is 5.82 Å². The van der Waals surface area contributed by atoms with E-state index < -0.39 is 10.0 Å². The fraction of sp³-hybridized carbons (Fsp3) is 0.556. The van der Waals surface area contributed by atoms with Gasteiger partial charge in [-0.1, -0.05) is 0 Å². The minimum Gasteiger partial charge on any atom is -0.354 e. The fourth-order valence-electron chi connectivity index (χ4n) is 3.62. The van der Waals surface area contributed by atoms with Crippen LogP contribution in [0, 0.1) is 6.92 Å². The van der Waals surface area contributed by atoms with Crippen molar-refractivity contribution >= 4 is 48.9 Å². The molecule has 0 unspecified atom stereocenters. The van der Waals surface area contributed by atoms with Crippen molar-refractivity contribution in [1.82, 2.24) is 19.2 Å². The number of nitrogens with zero attached hydrogens (tertiary/aromatic N) is 6. The Bertz CT molecular complexity index is 966. The fourth-order valence-corrected chi connectivity index (χ4v) is 7.20. The molecule has 0 aromatic carbocycles. The Morgan fingerprint density at radius 1 is 0.931 bits per heavy atom. The molecule has 0 aliphatic carbocycles. The molecule has 11 heteroatoms. The Labute approximate surface area is 184 Å². The summed E-state index contributed by atoms with van der Waals surface area (Å²) in [5.74, 6) is 2.58. The molecule has 2 aromatic heterocycles. The standard InChI is InChI=1S/C18H25BrN6O2S2/c1-14-20-16(23-7-5-22(2)6-8-23)13-17(21-14)24-9-11-25(12-10-24)29(26,27)18-4-3-15(19)28-18/h3-4,13H,5-12H2,1-2H3. The van der Waals surface area contributed by atoms with Crippen LogP contribution < -0.4 is 9.80 Å². The van der Waals surface area contributed by atoms with Gasteiger partial charge in [-0.05, 0) is 42.0 Å². The van der Waals surface area contributed by atoms with Crippen molar-refractivity contribution in [3.05, 3.63) is 27.8 Å². The summed E-state index contributed by atoms with van der Waals surface area (Å²) in [6, 6.07) is 5.47. The van der Waals surface area contributed by atoms with E-state index in [0.29, 0.717) is 30.4 Å². The number of thiophene rings is 1. The first kappa shape index (κ1) is 21.0. The van der Waals surface area contributed by atoms with Crippen LogP contribution >= 0.6 is 27.3 Å². The number of aryl methyl sites for hydroxylation is 1. The lowest BCUT2D eigenvalue weighted by atomic mass is 10.3. The van der Waals surface area contributed by atoms with Gasteiger partial charge in [0, 0.05) is 58.4 Å². The number of piperazine rings is 2. The zero-order valence-electron chi connectivity index (χ0n) is 16.6. The monoisotopic (exact) mass is 500 g/mol. The second-order valence-corrected chi connectivity index (χ2v) is 12.0. The number of likely N-dealkylation sites (N-methyl/N-ethyl adjacent to an activating group) is 1. The van der Waals surface area contributed by atoms with Gasteiger partial charge in [0.05, 0.1) is 3.79 Å². The molecule has 0 spiro atoms. The molecule has 0 saturated carbocycles. The first-order chi connectivity index (χ1) is 13.8. The normalized spacial score (nSPS) is 19.7. The summed E-state index contributed by atoms with van der Waals surface area (Å²) in [7, 11) is -1.30. The van der Waals surface area contributed by atoms with E-state index >= 15 is 0 Å². The lowest BCUT2D eigenvalue weighted by molar-refractivity contribution is 0.312. The number of halogens is 1. The zero-order chi connectivity index (χ0) is 20.6. The van der Waals surface area contributed by atoms with Crippen LogP contribution in [-0.4, -0.2) is 87.0 Å². The summed E-state index contributed by atoms with van der Waals surface area (Å²) in [6.45, 7) is 7.99. The van der Waals surface area contributed by atoms with E-state index in [1.54, 1.807) is 16.4 Å². The zero-order valence-corrected chi connectivity index (χ0v) is 19.8. The van der Waals surface area contributed by atoms with E-state index in [4.69, 9.17) is 0 Å². The van der Waals surface area contributed by atoms with Crippen molar-refractivity contribution < 1.29 is 8.42 Å². The number of hydrogen-bond acceptors (Lipinski definition) is 8. The van der Waals surface area contributed by atoms with Gasteiger partial charge in [0.2, 0.25) is 0 Å². The maximum atomic E-state index is 12.8. The Morgan fingerprint density at radius 3 is 2.00 bits per heavy atom. The molecule has 2 aliphatic rings. The molecule has 0 amide bonds. The van der Waals surface area contributed by atoms with Gasteiger partial charge in [-0.25, -0.2) is 18.4 Å². The van der Waals surface area contributed by atoms with Gasteiger partial charge in [0.25, 0.3) is 10.0 Å². The second kappa shape index (κ2) is 8.46. The molecule has 2 saturated heterocycles. The van der Waals surface area contributed by atoms with Gasteiger partial charge < -0.3 is 14.7 Å². The molecular formula is C18H25BrN6O2S2. The molecule has 0 radical (unpaired) electrons. The average molecular weight is 501 g/mol. The number of sulfonamides is 1. The third-order valence-electron chi connectivity index (χ3n) is 5.34. The van der Waals surface area contributed by atoms with Crippen LogP contribution in [0.25, 0.3) is 0 Å². The van der Waals surface area contributed by atoms with Gasteiger partial charge in [-0.3, -0.25) is 0 Å². The van der Waals surface area contributed by atoms with Crippen LogP contribution in [0.5, 0.6) is 0 Å². The first-order valence-corrected chi connectivity index (χ1v) is 12.7. The Hall–Kier alpha value is -1.27. The third-order valence-corrected chi connectivity index (χ3v) is 9.33. The van der Waals surface area contributed by atoms with Crippen LogP contribution in [0.3, 0.4) is 0 Å². The van der Waals surface area contributed by atoms with E-state index in [-0.39, 0.29) is 0 Å². The van der Waals surface area contributed by atoms with Crippen LogP contribution in [0.4, 0.5) is 11.6 Å². The summed E-state index contributed by atoms with van der Waals surface area (Å²) >= 11 is 4.59. The van der Waals surface area contributed by atoms with Crippen molar-refractivity contribution in [1.29, 1.82) is 0 Å². The smallest absolute Gasteiger partial charge is 0.252 e. The maximum Gasteiger partial charge on any atom is 0.252 e. The molecule has 8 nitrogen and oxygen atoms in total. The SMILES string of the molecule is Cc1nc(N2CCN(C)CC2)cc(N2CCN(S(=O)(=O)c3ccc(Br)s3)CC2)n1. The summed E-state index contributed by atoms with van der Waals surface area (Å²) in [5, 5.41) is 0. The van der Waals surface area contributed by atoms with E-state index in [2.05, 4.69) is 47.6 Å². The highest BCUT2D eigenvalue weighted by Crippen LogP contribution is 2.29. The molecule has 2 fully saturated rings. The van der Waals surface area contributed by atoms with Crippen LogP contribution in [0.2, 0.25) is 0 Å². The third kappa shape index (κ3) is 4.58. The molecule has 2 aliphatic heterocycles. The van der Waals surface area contributed by atoms with Crippen molar-refractivity contribution in [3.63, 3.8) is 0 Å². The van der Waals surface area contributed by atoms with Gasteiger partial charge >= 0.3 is 0 Å². The second-order valence-electron chi connectivity index (χ2n) is 7.37. The predicted molar refractivity (Wildman–Crippen MR) is 119 cm³/mol. The molecular weight excluding hydrogens is 476 g/mol.